The van der Waals surface area contributed by atoms with Gasteiger partial charge < -0.3 is 11.5 Å². The van der Waals surface area contributed by atoms with Gasteiger partial charge in [-0.25, -0.2) is 0 Å². The van der Waals surface area contributed by atoms with Gasteiger partial charge in [0.15, 0.2) is 0 Å². The van der Waals surface area contributed by atoms with Crippen LogP contribution in [0.3, 0.4) is 0 Å². The maximum absolute atomic E-state index is 11.2. The first-order chi connectivity index (χ1) is 7.26. The monoisotopic (exact) mass is 229 g/mol. The number of nitrogens with two attached hydrogens (primary N) is 2. The molecule has 0 bridgehead atoms. The smallest absolute Gasteiger partial charge is 0.237 e. The van der Waals surface area contributed by atoms with Gasteiger partial charge >= 0.3 is 0 Å². The van der Waals surface area contributed by atoms with E-state index in [0.717, 1.165) is 13.0 Å². The van der Waals surface area contributed by atoms with Crippen LogP contribution in [0.1, 0.15) is 47.5 Å². The second kappa shape index (κ2) is 6.21. The minimum atomic E-state index is -0.916. The highest BCUT2D eigenvalue weighted by atomic mass is 16.1. The molecule has 0 heterocycles. The standard InChI is InChI=1S/C12H27N3O/c1-6-9(3)15(7-2)10(4)8-12(5,14)11(13)16/h9-10H,6-8,14H2,1-5H3,(H2,13,16). The number of amides is 1. The van der Waals surface area contributed by atoms with E-state index in [9.17, 15) is 4.79 Å². The Morgan fingerprint density at radius 1 is 1.31 bits per heavy atom. The van der Waals surface area contributed by atoms with Gasteiger partial charge in [-0.3, -0.25) is 9.69 Å². The largest absolute Gasteiger partial charge is 0.368 e. The van der Waals surface area contributed by atoms with Crippen molar-refractivity contribution in [3.8, 4) is 0 Å². The van der Waals surface area contributed by atoms with Crippen LogP contribution in [0.2, 0.25) is 0 Å². The Bertz CT molecular complexity index is 228. The van der Waals surface area contributed by atoms with Crippen molar-refractivity contribution in [3.63, 3.8) is 0 Å². The van der Waals surface area contributed by atoms with Gasteiger partial charge in [-0.05, 0) is 40.2 Å². The summed E-state index contributed by atoms with van der Waals surface area (Å²) in [6.45, 7) is 11.2. The molecule has 4 nitrogen and oxygen atoms in total. The average molecular weight is 229 g/mol. The van der Waals surface area contributed by atoms with E-state index in [-0.39, 0.29) is 6.04 Å². The summed E-state index contributed by atoms with van der Waals surface area (Å²) < 4.78 is 0. The second-order valence-corrected chi connectivity index (χ2v) is 4.92. The number of carbonyl (C=O) groups excluding carboxylic acids is 1. The summed E-state index contributed by atoms with van der Waals surface area (Å²) in [7, 11) is 0. The molecule has 1 amide bonds. The fraction of sp³-hybridized carbons (Fsp3) is 0.917. The van der Waals surface area contributed by atoms with Crippen LogP contribution in [0.25, 0.3) is 0 Å². The SMILES string of the molecule is CCC(C)N(CC)C(C)CC(C)(N)C(N)=O. The maximum atomic E-state index is 11.2. The Hall–Kier alpha value is -0.610. The van der Waals surface area contributed by atoms with E-state index in [4.69, 9.17) is 11.5 Å². The lowest BCUT2D eigenvalue weighted by molar-refractivity contribution is -0.123. The van der Waals surface area contributed by atoms with Crippen molar-refractivity contribution in [2.75, 3.05) is 6.54 Å². The van der Waals surface area contributed by atoms with Crippen molar-refractivity contribution in [2.45, 2.75) is 65.1 Å². The highest BCUT2D eigenvalue weighted by molar-refractivity contribution is 5.83. The van der Waals surface area contributed by atoms with Gasteiger partial charge in [0, 0.05) is 12.1 Å². The van der Waals surface area contributed by atoms with Gasteiger partial charge in [-0.1, -0.05) is 13.8 Å². The molecule has 3 atom stereocenters. The van der Waals surface area contributed by atoms with Gasteiger partial charge in [0.2, 0.25) is 5.91 Å². The predicted molar refractivity (Wildman–Crippen MR) is 68.0 cm³/mol. The van der Waals surface area contributed by atoms with Crippen molar-refractivity contribution >= 4 is 5.91 Å². The summed E-state index contributed by atoms with van der Waals surface area (Å²) in [5.74, 6) is -0.431. The lowest BCUT2D eigenvalue weighted by Gasteiger charge is -2.36. The molecule has 0 aliphatic rings. The van der Waals surface area contributed by atoms with Crippen molar-refractivity contribution < 1.29 is 4.79 Å². The summed E-state index contributed by atoms with van der Waals surface area (Å²) >= 11 is 0. The third-order valence-electron chi connectivity index (χ3n) is 3.37. The van der Waals surface area contributed by atoms with Gasteiger partial charge in [-0.15, -0.1) is 0 Å². The first-order valence-corrected chi connectivity index (χ1v) is 6.10. The highest BCUT2D eigenvalue weighted by Gasteiger charge is 2.30. The molecule has 0 rings (SSSR count). The van der Waals surface area contributed by atoms with E-state index in [1.807, 2.05) is 0 Å². The molecule has 0 saturated carbocycles. The maximum Gasteiger partial charge on any atom is 0.237 e. The molecule has 0 fully saturated rings. The third kappa shape index (κ3) is 4.10. The zero-order chi connectivity index (χ0) is 12.9. The quantitative estimate of drug-likeness (QED) is 0.686. The van der Waals surface area contributed by atoms with E-state index in [0.29, 0.717) is 12.5 Å². The predicted octanol–water partition coefficient (Wildman–Crippen LogP) is 1.09. The Morgan fingerprint density at radius 2 is 1.81 bits per heavy atom. The molecule has 96 valence electrons. The van der Waals surface area contributed by atoms with Crippen molar-refractivity contribution in [1.82, 2.24) is 4.90 Å². The van der Waals surface area contributed by atoms with Crippen LogP contribution in [0.15, 0.2) is 0 Å². The third-order valence-corrected chi connectivity index (χ3v) is 3.37. The summed E-state index contributed by atoms with van der Waals surface area (Å²) in [4.78, 5) is 13.5. The minimum Gasteiger partial charge on any atom is -0.368 e. The van der Waals surface area contributed by atoms with E-state index in [2.05, 4.69) is 32.6 Å². The van der Waals surface area contributed by atoms with Crippen molar-refractivity contribution in [2.24, 2.45) is 11.5 Å². The number of nitrogens with zero attached hydrogens (tertiary/aromatic N) is 1. The average Bonchev–Trinajstić information content (AvgIpc) is 2.17. The van der Waals surface area contributed by atoms with E-state index >= 15 is 0 Å². The van der Waals surface area contributed by atoms with Crippen molar-refractivity contribution in [3.05, 3.63) is 0 Å². The molecular weight excluding hydrogens is 202 g/mol. The van der Waals surface area contributed by atoms with Crippen LogP contribution in [0.4, 0.5) is 0 Å². The molecule has 4 N–H and O–H groups in total. The molecule has 4 heteroatoms. The van der Waals surface area contributed by atoms with E-state index in [1.54, 1.807) is 6.92 Å². The van der Waals surface area contributed by atoms with Crippen LogP contribution in [0.5, 0.6) is 0 Å². The van der Waals surface area contributed by atoms with Crippen LogP contribution < -0.4 is 11.5 Å². The number of rotatable bonds is 7. The van der Waals surface area contributed by atoms with E-state index < -0.39 is 11.4 Å². The first-order valence-electron chi connectivity index (χ1n) is 6.10. The van der Waals surface area contributed by atoms with Gasteiger partial charge in [-0.2, -0.15) is 0 Å². The second-order valence-electron chi connectivity index (χ2n) is 4.92. The molecule has 0 aromatic carbocycles. The molecular formula is C12H27N3O. The summed E-state index contributed by atoms with van der Waals surface area (Å²) in [6.07, 6.45) is 1.69. The lowest BCUT2D eigenvalue weighted by atomic mass is 9.92. The molecule has 0 aromatic rings. The van der Waals surface area contributed by atoms with E-state index in [1.165, 1.54) is 0 Å². The molecule has 0 saturated heterocycles. The Balaban J connectivity index is 4.53. The zero-order valence-electron chi connectivity index (χ0n) is 11.3. The molecule has 3 unspecified atom stereocenters. The molecule has 0 radical (unpaired) electrons. The first kappa shape index (κ1) is 15.4. The summed E-state index contributed by atoms with van der Waals surface area (Å²) in [6, 6.07) is 0.770. The molecule has 16 heavy (non-hydrogen) atoms. The normalized spacial score (nSPS) is 19.2. The number of primary amides is 1. The van der Waals surface area contributed by atoms with Gasteiger partial charge in [0.05, 0.1) is 5.54 Å². The highest BCUT2D eigenvalue weighted by Crippen LogP contribution is 2.17. The van der Waals surface area contributed by atoms with Gasteiger partial charge in [0.25, 0.3) is 0 Å². The fourth-order valence-corrected chi connectivity index (χ4v) is 2.12. The number of hydrogen-bond acceptors (Lipinski definition) is 3. The van der Waals surface area contributed by atoms with Crippen LogP contribution in [-0.4, -0.2) is 35.0 Å². The van der Waals surface area contributed by atoms with Crippen molar-refractivity contribution in [1.29, 1.82) is 0 Å². The Morgan fingerprint density at radius 3 is 2.12 bits per heavy atom. The molecule has 0 aromatic heterocycles. The lowest BCUT2D eigenvalue weighted by Crippen LogP contribution is -2.54. The summed E-state index contributed by atoms with van der Waals surface area (Å²) in [5.41, 5.74) is 10.3. The van der Waals surface area contributed by atoms with Crippen LogP contribution in [0, 0.1) is 0 Å². The Labute approximate surface area is 99.4 Å². The minimum absolute atomic E-state index is 0.266. The number of hydrogen-bond donors (Lipinski definition) is 2. The topological polar surface area (TPSA) is 72.3 Å². The molecule has 0 aliphatic carbocycles. The van der Waals surface area contributed by atoms with Gasteiger partial charge in [0.1, 0.15) is 0 Å². The van der Waals surface area contributed by atoms with Crippen LogP contribution in [-0.2, 0) is 4.79 Å². The Kier molecular flexibility index (Phi) is 5.97. The molecule has 0 spiro atoms. The molecule has 0 aliphatic heterocycles. The zero-order valence-corrected chi connectivity index (χ0v) is 11.3. The summed E-state index contributed by atoms with van der Waals surface area (Å²) in [5, 5.41) is 0. The number of carbonyl (C=O) groups is 1. The van der Waals surface area contributed by atoms with Crippen LogP contribution >= 0.6 is 0 Å². The fourth-order valence-electron chi connectivity index (χ4n) is 2.12.